The molecule has 0 aromatic carbocycles. The Kier molecular flexibility index (Phi) is 5.25. The summed E-state index contributed by atoms with van der Waals surface area (Å²) in [6.45, 7) is 1.09. The Balaban J connectivity index is 1.57. The standard InChI is InChI=1S/C18H25N5O/c19-14-18(6-2-1-3-7-18)12-17(24)21-13-15-5-9-20-16(11-15)23-10-4-8-22-23/h4-5,8-11H,1-3,6-7,12-14,19H2,(H,21,24). The summed E-state index contributed by atoms with van der Waals surface area (Å²) in [5.41, 5.74) is 6.98. The van der Waals surface area contributed by atoms with E-state index in [0.29, 0.717) is 19.5 Å². The molecule has 128 valence electrons. The molecule has 0 saturated heterocycles. The zero-order valence-electron chi connectivity index (χ0n) is 13.9. The summed E-state index contributed by atoms with van der Waals surface area (Å²) in [4.78, 5) is 16.7. The molecule has 1 fully saturated rings. The summed E-state index contributed by atoms with van der Waals surface area (Å²) in [6.07, 6.45) is 11.6. The third-order valence-corrected chi connectivity index (χ3v) is 4.92. The molecule has 0 radical (unpaired) electrons. The van der Waals surface area contributed by atoms with Crippen LogP contribution in [0.2, 0.25) is 0 Å². The first-order chi connectivity index (χ1) is 11.7. The number of aromatic nitrogens is 3. The SMILES string of the molecule is NCC1(CC(=O)NCc2ccnc(-n3cccn3)c2)CCCCC1. The van der Waals surface area contributed by atoms with Gasteiger partial charge in [0.25, 0.3) is 0 Å². The van der Waals surface area contributed by atoms with Gasteiger partial charge in [0.2, 0.25) is 5.91 Å². The summed E-state index contributed by atoms with van der Waals surface area (Å²) in [5, 5.41) is 7.20. The maximum atomic E-state index is 12.4. The molecule has 0 bridgehead atoms. The quantitative estimate of drug-likeness (QED) is 0.851. The molecule has 0 unspecified atom stereocenters. The normalized spacial score (nSPS) is 16.7. The summed E-state index contributed by atoms with van der Waals surface area (Å²) in [5.74, 6) is 0.831. The molecule has 0 aliphatic heterocycles. The monoisotopic (exact) mass is 327 g/mol. The lowest BCUT2D eigenvalue weighted by molar-refractivity contribution is -0.124. The van der Waals surface area contributed by atoms with Crippen molar-refractivity contribution in [3.63, 3.8) is 0 Å². The van der Waals surface area contributed by atoms with Gasteiger partial charge in [-0.1, -0.05) is 19.3 Å². The first-order valence-electron chi connectivity index (χ1n) is 8.63. The number of carbonyl (C=O) groups is 1. The molecular formula is C18H25N5O. The third kappa shape index (κ3) is 4.00. The van der Waals surface area contributed by atoms with Crippen LogP contribution in [-0.4, -0.2) is 27.2 Å². The van der Waals surface area contributed by atoms with Crippen molar-refractivity contribution in [3.8, 4) is 5.82 Å². The van der Waals surface area contributed by atoms with Gasteiger partial charge in [-0.05, 0) is 48.6 Å². The third-order valence-electron chi connectivity index (χ3n) is 4.92. The lowest BCUT2D eigenvalue weighted by Gasteiger charge is -2.35. The second-order valence-electron chi connectivity index (χ2n) is 6.69. The fraction of sp³-hybridized carbons (Fsp3) is 0.500. The number of nitrogens with zero attached hydrogens (tertiary/aromatic N) is 3. The van der Waals surface area contributed by atoms with Crippen molar-refractivity contribution in [1.82, 2.24) is 20.1 Å². The van der Waals surface area contributed by atoms with E-state index in [2.05, 4.69) is 15.4 Å². The molecule has 0 atom stereocenters. The van der Waals surface area contributed by atoms with Crippen LogP contribution in [0.4, 0.5) is 0 Å². The lowest BCUT2D eigenvalue weighted by atomic mass is 9.71. The molecule has 24 heavy (non-hydrogen) atoms. The zero-order chi connectivity index (χ0) is 16.8. The lowest BCUT2D eigenvalue weighted by Crippen LogP contribution is -2.38. The van der Waals surface area contributed by atoms with E-state index in [9.17, 15) is 4.79 Å². The van der Waals surface area contributed by atoms with Crippen molar-refractivity contribution in [1.29, 1.82) is 0 Å². The van der Waals surface area contributed by atoms with Crippen LogP contribution in [-0.2, 0) is 11.3 Å². The maximum Gasteiger partial charge on any atom is 0.220 e. The van der Waals surface area contributed by atoms with Gasteiger partial charge in [-0.3, -0.25) is 4.79 Å². The van der Waals surface area contributed by atoms with Gasteiger partial charge in [0.05, 0.1) is 0 Å². The van der Waals surface area contributed by atoms with Gasteiger partial charge in [-0.25, -0.2) is 9.67 Å². The molecule has 3 rings (SSSR count). The topological polar surface area (TPSA) is 85.8 Å². The van der Waals surface area contributed by atoms with Crippen LogP contribution in [0, 0.1) is 5.41 Å². The molecule has 1 aliphatic carbocycles. The molecule has 2 heterocycles. The number of nitrogens with two attached hydrogens (primary N) is 1. The van der Waals surface area contributed by atoms with E-state index in [-0.39, 0.29) is 11.3 Å². The highest BCUT2D eigenvalue weighted by Gasteiger charge is 2.32. The summed E-state index contributed by atoms with van der Waals surface area (Å²) >= 11 is 0. The summed E-state index contributed by atoms with van der Waals surface area (Å²) in [6, 6.07) is 5.70. The highest BCUT2D eigenvalue weighted by atomic mass is 16.1. The number of hydrogen-bond donors (Lipinski definition) is 2. The van der Waals surface area contributed by atoms with E-state index >= 15 is 0 Å². The molecule has 2 aromatic rings. The van der Waals surface area contributed by atoms with Crippen LogP contribution in [0.15, 0.2) is 36.8 Å². The predicted molar refractivity (Wildman–Crippen MR) is 92.4 cm³/mol. The Morgan fingerprint density at radius 2 is 2.12 bits per heavy atom. The van der Waals surface area contributed by atoms with E-state index < -0.39 is 0 Å². The Morgan fingerprint density at radius 3 is 2.83 bits per heavy atom. The fourth-order valence-corrected chi connectivity index (χ4v) is 3.46. The maximum absolute atomic E-state index is 12.4. The van der Waals surface area contributed by atoms with Crippen LogP contribution in [0.5, 0.6) is 0 Å². The van der Waals surface area contributed by atoms with Crippen molar-refractivity contribution in [2.45, 2.75) is 45.1 Å². The molecule has 1 amide bonds. The molecule has 6 nitrogen and oxygen atoms in total. The van der Waals surface area contributed by atoms with Crippen LogP contribution in [0.25, 0.3) is 5.82 Å². The van der Waals surface area contributed by atoms with Gasteiger partial charge in [-0.15, -0.1) is 0 Å². The number of pyridine rings is 1. The first kappa shape index (κ1) is 16.6. The van der Waals surface area contributed by atoms with Gasteiger partial charge in [0.1, 0.15) is 0 Å². The van der Waals surface area contributed by atoms with E-state index in [4.69, 9.17) is 5.73 Å². The molecule has 2 aromatic heterocycles. The van der Waals surface area contributed by atoms with Gasteiger partial charge < -0.3 is 11.1 Å². The average molecular weight is 327 g/mol. The second-order valence-corrected chi connectivity index (χ2v) is 6.69. The number of amides is 1. The average Bonchev–Trinajstić information content (AvgIpc) is 3.16. The van der Waals surface area contributed by atoms with E-state index in [1.807, 2.05) is 24.4 Å². The minimum Gasteiger partial charge on any atom is -0.352 e. The fourth-order valence-electron chi connectivity index (χ4n) is 3.46. The number of hydrogen-bond acceptors (Lipinski definition) is 4. The van der Waals surface area contributed by atoms with Crippen molar-refractivity contribution >= 4 is 5.91 Å². The summed E-state index contributed by atoms with van der Waals surface area (Å²) < 4.78 is 1.71. The Morgan fingerprint density at radius 1 is 1.29 bits per heavy atom. The van der Waals surface area contributed by atoms with Crippen LogP contribution in [0.3, 0.4) is 0 Å². The van der Waals surface area contributed by atoms with Crippen molar-refractivity contribution < 1.29 is 4.79 Å². The van der Waals surface area contributed by atoms with Crippen molar-refractivity contribution in [2.75, 3.05) is 6.54 Å². The highest BCUT2D eigenvalue weighted by Crippen LogP contribution is 2.38. The second kappa shape index (κ2) is 7.57. The minimum absolute atomic E-state index is 0.000791. The molecule has 6 heteroatoms. The molecule has 0 spiro atoms. The van der Waals surface area contributed by atoms with Gasteiger partial charge in [-0.2, -0.15) is 5.10 Å². The molecule has 1 saturated carbocycles. The van der Waals surface area contributed by atoms with Gasteiger partial charge in [0, 0.05) is 31.6 Å². The molecule has 3 N–H and O–H groups in total. The van der Waals surface area contributed by atoms with E-state index in [1.165, 1.54) is 19.3 Å². The molecule has 1 aliphatic rings. The van der Waals surface area contributed by atoms with Crippen molar-refractivity contribution in [2.24, 2.45) is 11.1 Å². The zero-order valence-corrected chi connectivity index (χ0v) is 13.9. The van der Waals surface area contributed by atoms with E-state index in [1.54, 1.807) is 17.1 Å². The predicted octanol–water partition coefficient (Wildman–Crippen LogP) is 2.18. The number of rotatable bonds is 6. The Bertz CT molecular complexity index is 662. The molecular weight excluding hydrogens is 302 g/mol. The van der Waals surface area contributed by atoms with E-state index in [0.717, 1.165) is 24.2 Å². The van der Waals surface area contributed by atoms with Crippen LogP contribution >= 0.6 is 0 Å². The minimum atomic E-state index is 0.000791. The smallest absolute Gasteiger partial charge is 0.220 e. The Labute approximate surface area is 142 Å². The van der Waals surface area contributed by atoms with Crippen molar-refractivity contribution in [3.05, 3.63) is 42.4 Å². The largest absolute Gasteiger partial charge is 0.352 e. The summed E-state index contributed by atoms with van der Waals surface area (Å²) in [7, 11) is 0. The van der Waals surface area contributed by atoms with Gasteiger partial charge >= 0.3 is 0 Å². The van der Waals surface area contributed by atoms with Gasteiger partial charge in [0.15, 0.2) is 5.82 Å². The van der Waals surface area contributed by atoms with Crippen LogP contribution < -0.4 is 11.1 Å². The first-order valence-corrected chi connectivity index (χ1v) is 8.63. The highest BCUT2D eigenvalue weighted by molar-refractivity contribution is 5.76. The Hall–Kier alpha value is -2.21. The number of carbonyl (C=O) groups excluding carboxylic acids is 1. The van der Waals surface area contributed by atoms with Crippen LogP contribution in [0.1, 0.15) is 44.1 Å². The number of nitrogens with one attached hydrogen (secondary N) is 1.